The molecular formula is C18H24ClNO3. The zero-order valence-electron chi connectivity index (χ0n) is 13.4. The van der Waals surface area contributed by atoms with Crippen LogP contribution in [0.4, 0.5) is 0 Å². The predicted octanol–water partition coefficient (Wildman–Crippen LogP) is 3.83. The molecule has 0 unspecified atom stereocenters. The fourth-order valence-electron chi connectivity index (χ4n) is 2.57. The SMILES string of the molecule is CCCN(CCCOc1cccc2ccccc12)CC(=O)O.Cl. The summed E-state index contributed by atoms with van der Waals surface area (Å²) in [5.74, 6) is 0.113. The quantitative estimate of drug-likeness (QED) is 0.706. The molecule has 0 aliphatic carbocycles. The average Bonchev–Trinajstić information content (AvgIpc) is 2.51. The monoisotopic (exact) mass is 337 g/mol. The van der Waals surface area contributed by atoms with E-state index in [0.29, 0.717) is 6.61 Å². The van der Waals surface area contributed by atoms with Gasteiger partial charge in [0, 0.05) is 11.9 Å². The molecule has 5 heteroatoms. The number of carbonyl (C=O) groups is 1. The standard InChI is InChI=1S/C18H23NO3.ClH/c1-2-11-19(14-18(20)21)12-6-13-22-17-10-5-8-15-7-3-4-9-16(15)17;/h3-5,7-10H,2,6,11-14H2,1H3,(H,20,21);1H. The number of ether oxygens (including phenoxy) is 1. The van der Waals surface area contributed by atoms with Crippen molar-refractivity contribution < 1.29 is 14.6 Å². The number of carboxylic acid groups (broad SMARTS) is 1. The maximum Gasteiger partial charge on any atom is 0.317 e. The summed E-state index contributed by atoms with van der Waals surface area (Å²) in [5, 5.41) is 11.2. The van der Waals surface area contributed by atoms with Crippen molar-refractivity contribution in [2.45, 2.75) is 19.8 Å². The third-order valence-corrected chi connectivity index (χ3v) is 3.52. The van der Waals surface area contributed by atoms with E-state index < -0.39 is 5.97 Å². The number of carboxylic acids is 1. The van der Waals surface area contributed by atoms with E-state index in [4.69, 9.17) is 9.84 Å². The van der Waals surface area contributed by atoms with Gasteiger partial charge in [0.05, 0.1) is 13.2 Å². The number of hydrogen-bond acceptors (Lipinski definition) is 3. The van der Waals surface area contributed by atoms with E-state index in [1.807, 2.05) is 29.2 Å². The van der Waals surface area contributed by atoms with Crippen molar-refractivity contribution in [3.05, 3.63) is 42.5 Å². The average molecular weight is 338 g/mol. The van der Waals surface area contributed by atoms with Crippen molar-refractivity contribution in [3.8, 4) is 5.75 Å². The lowest BCUT2D eigenvalue weighted by atomic mass is 10.1. The van der Waals surface area contributed by atoms with Gasteiger partial charge < -0.3 is 9.84 Å². The van der Waals surface area contributed by atoms with Crippen LogP contribution in [0, 0.1) is 0 Å². The summed E-state index contributed by atoms with van der Waals surface area (Å²) in [6, 6.07) is 14.2. The Kier molecular flexibility index (Phi) is 8.45. The van der Waals surface area contributed by atoms with E-state index in [0.717, 1.165) is 37.1 Å². The van der Waals surface area contributed by atoms with Gasteiger partial charge >= 0.3 is 5.97 Å². The van der Waals surface area contributed by atoms with Crippen LogP contribution in [0.15, 0.2) is 42.5 Å². The van der Waals surface area contributed by atoms with Gasteiger partial charge in [0.15, 0.2) is 0 Å². The van der Waals surface area contributed by atoms with E-state index in [1.54, 1.807) is 0 Å². The lowest BCUT2D eigenvalue weighted by Gasteiger charge is -2.19. The molecule has 2 rings (SSSR count). The summed E-state index contributed by atoms with van der Waals surface area (Å²) in [4.78, 5) is 12.8. The highest BCUT2D eigenvalue weighted by Gasteiger charge is 2.08. The van der Waals surface area contributed by atoms with Crippen LogP contribution in [0.3, 0.4) is 0 Å². The van der Waals surface area contributed by atoms with Gasteiger partial charge in [-0.2, -0.15) is 0 Å². The van der Waals surface area contributed by atoms with Crippen LogP contribution < -0.4 is 4.74 Å². The summed E-state index contributed by atoms with van der Waals surface area (Å²) < 4.78 is 5.88. The Morgan fingerprint density at radius 1 is 1.13 bits per heavy atom. The number of benzene rings is 2. The van der Waals surface area contributed by atoms with Gasteiger partial charge in [-0.05, 0) is 30.8 Å². The first-order valence-corrected chi connectivity index (χ1v) is 7.75. The number of nitrogens with zero attached hydrogens (tertiary/aromatic N) is 1. The van der Waals surface area contributed by atoms with Crippen LogP contribution in [0.1, 0.15) is 19.8 Å². The first-order chi connectivity index (χ1) is 10.7. The Balaban J connectivity index is 0.00000264. The Morgan fingerprint density at radius 3 is 2.61 bits per heavy atom. The van der Waals surface area contributed by atoms with Crippen LogP contribution in [-0.2, 0) is 4.79 Å². The van der Waals surface area contributed by atoms with Crippen molar-refractivity contribution in [3.63, 3.8) is 0 Å². The summed E-state index contributed by atoms with van der Waals surface area (Å²) in [6.07, 6.45) is 1.77. The van der Waals surface area contributed by atoms with Gasteiger partial charge in [0.1, 0.15) is 5.75 Å². The molecule has 0 spiro atoms. The summed E-state index contributed by atoms with van der Waals surface area (Å²) in [7, 11) is 0. The molecule has 0 amide bonds. The van der Waals surface area contributed by atoms with Crippen molar-refractivity contribution in [2.75, 3.05) is 26.2 Å². The number of rotatable bonds is 9. The van der Waals surface area contributed by atoms with Crippen LogP contribution >= 0.6 is 12.4 Å². The van der Waals surface area contributed by atoms with E-state index in [-0.39, 0.29) is 19.0 Å². The zero-order valence-corrected chi connectivity index (χ0v) is 14.2. The molecule has 0 atom stereocenters. The highest BCUT2D eigenvalue weighted by Crippen LogP contribution is 2.25. The minimum atomic E-state index is -0.775. The van der Waals surface area contributed by atoms with E-state index in [2.05, 4.69) is 25.1 Å². The maximum atomic E-state index is 10.8. The second-order valence-corrected chi connectivity index (χ2v) is 5.35. The molecule has 0 radical (unpaired) electrons. The minimum absolute atomic E-state index is 0. The Hall–Kier alpha value is -1.78. The number of fused-ring (bicyclic) bond motifs is 1. The molecule has 0 heterocycles. The van der Waals surface area contributed by atoms with Crippen molar-refractivity contribution >= 4 is 29.1 Å². The lowest BCUT2D eigenvalue weighted by molar-refractivity contribution is -0.138. The highest BCUT2D eigenvalue weighted by molar-refractivity contribution is 5.88. The molecule has 0 aromatic heterocycles. The first-order valence-electron chi connectivity index (χ1n) is 7.75. The number of halogens is 1. The first kappa shape index (κ1) is 19.3. The van der Waals surface area contributed by atoms with Crippen molar-refractivity contribution in [1.82, 2.24) is 4.90 Å². The fourth-order valence-corrected chi connectivity index (χ4v) is 2.57. The molecule has 0 aliphatic heterocycles. The highest BCUT2D eigenvalue weighted by atomic mass is 35.5. The molecule has 0 saturated heterocycles. The zero-order chi connectivity index (χ0) is 15.8. The normalized spacial score (nSPS) is 10.5. The molecule has 0 fully saturated rings. The summed E-state index contributed by atoms with van der Waals surface area (Å²) >= 11 is 0. The van der Waals surface area contributed by atoms with Gasteiger partial charge in [-0.3, -0.25) is 9.69 Å². The van der Waals surface area contributed by atoms with Gasteiger partial charge in [-0.15, -0.1) is 12.4 Å². The largest absolute Gasteiger partial charge is 0.493 e. The van der Waals surface area contributed by atoms with Gasteiger partial charge in [0.25, 0.3) is 0 Å². The summed E-state index contributed by atoms with van der Waals surface area (Å²) in [6.45, 7) is 4.29. The molecule has 23 heavy (non-hydrogen) atoms. The number of hydrogen-bond donors (Lipinski definition) is 1. The fraction of sp³-hybridized carbons (Fsp3) is 0.389. The van der Waals surface area contributed by atoms with Crippen molar-refractivity contribution in [1.29, 1.82) is 0 Å². The van der Waals surface area contributed by atoms with Crippen LogP contribution in [0.2, 0.25) is 0 Å². The van der Waals surface area contributed by atoms with Gasteiger partial charge in [-0.25, -0.2) is 0 Å². The van der Waals surface area contributed by atoms with Crippen LogP contribution in [0.5, 0.6) is 5.75 Å². The molecule has 126 valence electrons. The molecule has 4 nitrogen and oxygen atoms in total. The molecule has 0 saturated carbocycles. The Bertz CT molecular complexity index is 613. The topological polar surface area (TPSA) is 49.8 Å². The van der Waals surface area contributed by atoms with Gasteiger partial charge in [0.2, 0.25) is 0 Å². The van der Waals surface area contributed by atoms with E-state index >= 15 is 0 Å². The van der Waals surface area contributed by atoms with Crippen LogP contribution in [-0.4, -0.2) is 42.2 Å². The molecule has 0 bridgehead atoms. The second kappa shape index (κ2) is 10.1. The predicted molar refractivity (Wildman–Crippen MR) is 95.7 cm³/mol. The van der Waals surface area contributed by atoms with Crippen molar-refractivity contribution in [2.24, 2.45) is 0 Å². The summed E-state index contributed by atoms with van der Waals surface area (Å²) in [5.41, 5.74) is 0. The van der Waals surface area contributed by atoms with Crippen LogP contribution in [0.25, 0.3) is 10.8 Å². The maximum absolute atomic E-state index is 10.8. The minimum Gasteiger partial charge on any atom is -0.493 e. The molecular weight excluding hydrogens is 314 g/mol. The van der Waals surface area contributed by atoms with E-state index in [1.165, 1.54) is 5.39 Å². The second-order valence-electron chi connectivity index (χ2n) is 5.35. The molecule has 1 N–H and O–H groups in total. The third kappa shape index (κ3) is 6.08. The molecule has 2 aromatic rings. The lowest BCUT2D eigenvalue weighted by Crippen LogP contribution is -2.32. The van der Waals surface area contributed by atoms with E-state index in [9.17, 15) is 4.79 Å². The third-order valence-electron chi connectivity index (χ3n) is 3.52. The van der Waals surface area contributed by atoms with Gasteiger partial charge in [-0.1, -0.05) is 43.3 Å². The Morgan fingerprint density at radius 2 is 1.87 bits per heavy atom. The molecule has 0 aliphatic rings. The number of aliphatic carboxylic acids is 1. The smallest absolute Gasteiger partial charge is 0.317 e. The Labute approximate surface area is 143 Å². The molecule has 2 aromatic carbocycles.